The lowest BCUT2D eigenvalue weighted by molar-refractivity contribution is 0.255. The fourth-order valence-corrected chi connectivity index (χ4v) is 4.84. The quantitative estimate of drug-likeness (QED) is 0.322. The Morgan fingerprint density at radius 2 is 2.00 bits per heavy atom. The summed E-state index contributed by atoms with van der Waals surface area (Å²) < 4.78 is 20.8. The van der Waals surface area contributed by atoms with Crippen LogP contribution in [0.25, 0.3) is 5.65 Å². The summed E-state index contributed by atoms with van der Waals surface area (Å²) in [5, 5.41) is 12.1. The van der Waals surface area contributed by atoms with Crippen molar-refractivity contribution in [2.45, 2.75) is 11.8 Å². The third-order valence-electron chi connectivity index (χ3n) is 5.55. The number of thioether (sulfide) groups is 1. The summed E-state index contributed by atoms with van der Waals surface area (Å²) in [6.45, 7) is 5.42. The fourth-order valence-electron chi connectivity index (χ4n) is 3.76. The molecule has 0 unspecified atom stereocenters. The van der Waals surface area contributed by atoms with Gasteiger partial charge in [-0.1, -0.05) is 35.5 Å². The van der Waals surface area contributed by atoms with Crippen molar-refractivity contribution >= 4 is 40.6 Å². The second kappa shape index (κ2) is 11.2. The Kier molecular flexibility index (Phi) is 7.63. The molecule has 0 radical (unpaired) electrons. The zero-order valence-corrected chi connectivity index (χ0v) is 20.5. The van der Waals surface area contributed by atoms with Crippen LogP contribution in [0, 0.1) is 5.82 Å². The second-order valence-electron chi connectivity index (χ2n) is 8.06. The van der Waals surface area contributed by atoms with Gasteiger partial charge in [0.25, 0.3) is 0 Å². The van der Waals surface area contributed by atoms with Crippen molar-refractivity contribution in [3.05, 3.63) is 71.1 Å². The van der Waals surface area contributed by atoms with E-state index in [2.05, 4.69) is 30.6 Å². The van der Waals surface area contributed by atoms with Crippen LogP contribution in [0.1, 0.15) is 5.56 Å². The van der Waals surface area contributed by atoms with Crippen LogP contribution in [0.5, 0.6) is 5.75 Å². The molecule has 1 aliphatic heterocycles. The lowest BCUT2D eigenvalue weighted by Crippen LogP contribution is -2.44. The molecule has 0 amide bonds. The molecule has 1 saturated heterocycles. The molecule has 3 heterocycles. The molecule has 182 valence electrons. The molecule has 2 aromatic carbocycles. The number of aromatic nitrogens is 4. The normalized spacial score (nSPS) is 14.3. The van der Waals surface area contributed by atoms with Gasteiger partial charge in [-0.25, -0.2) is 9.37 Å². The maximum atomic E-state index is 13.4. The molecule has 35 heavy (non-hydrogen) atoms. The lowest BCUT2D eigenvalue weighted by Gasteiger charge is -2.26. The molecule has 1 fully saturated rings. The van der Waals surface area contributed by atoms with E-state index in [0.717, 1.165) is 49.7 Å². The summed E-state index contributed by atoms with van der Waals surface area (Å²) in [7, 11) is 0. The van der Waals surface area contributed by atoms with E-state index >= 15 is 0 Å². The van der Waals surface area contributed by atoms with E-state index in [1.165, 1.54) is 12.1 Å². The Labute approximate surface area is 211 Å². The minimum Gasteiger partial charge on any atom is -0.487 e. The zero-order chi connectivity index (χ0) is 24.0. The van der Waals surface area contributed by atoms with Crippen molar-refractivity contribution in [1.82, 2.24) is 29.8 Å². The van der Waals surface area contributed by atoms with Crippen molar-refractivity contribution in [2.24, 2.45) is 0 Å². The minimum atomic E-state index is -0.298. The molecule has 11 heteroatoms. The smallest absolute Gasteiger partial charge is 0.232 e. The first-order valence-corrected chi connectivity index (χ1v) is 12.7. The van der Waals surface area contributed by atoms with E-state index in [1.54, 1.807) is 46.7 Å². The predicted molar refractivity (Wildman–Crippen MR) is 136 cm³/mol. The number of hydrogen-bond acceptors (Lipinski definition) is 8. The van der Waals surface area contributed by atoms with Crippen molar-refractivity contribution < 1.29 is 9.13 Å². The number of benzene rings is 2. The predicted octanol–water partition coefficient (Wildman–Crippen LogP) is 4.24. The van der Waals surface area contributed by atoms with E-state index in [4.69, 9.17) is 16.3 Å². The average molecular weight is 514 g/mol. The number of nitrogens with zero attached hydrogens (tertiary/aromatic N) is 5. The molecule has 2 N–H and O–H groups in total. The van der Waals surface area contributed by atoms with E-state index in [-0.39, 0.29) is 12.4 Å². The number of rotatable bonds is 9. The monoisotopic (exact) mass is 513 g/mol. The Hall–Kier alpha value is -2.92. The Balaban J connectivity index is 1.25. The van der Waals surface area contributed by atoms with Crippen molar-refractivity contribution in [1.29, 1.82) is 0 Å². The van der Waals surface area contributed by atoms with Gasteiger partial charge in [-0.3, -0.25) is 4.90 Å². The molecule has 0 spiro atoms. The van der Waals surface area contributed by atoms with Gasteiger partial charge in [0.2, 0.25) is 5.95 Å². The SMILES string of the molecule is Fc1cccc(COc2ccc(Nc3nc(SCCN4CCNCC4)nc4ccnn34)cc2Cl)c1. The highest BCUT2D eigenvalue weighted by atomic mass is 35.5. The lowest BCUT2D eigenvalue weighted by atomic mass is 10.2. The first-order valence-electron chi connectivity index (χ1n) is 11.4. The highest BCUT2D eigenvalue weighted by Crippen LogP contribution is 2.30. The molecule has 5 rings (SSSR count). The van der Waals surface area contributed by atoms with Gasteiger partial charge in [0.1, 0.15) is 18.2 Å². The van der Waals surface area contributed by atoms with Gasteiger partial charge in [-0.2, -0.15) is 14.6 Å². The first kappa shape index (κ1) is 23.8. The van der Waals surface area contributed by atoms with Crippen LogP contribution in [-0.4, -0.2) is 63.0 Å². The highest BCUT2D eigenvalue weighted by molar-refractivity contribution is 7.99. The zero-order valence-electron chi connectivity index (χ0n) is 19.0. The van der Waals surface area contributed by atoms with Gasteiger partial charge in [-0.05, 0) is 35.9 Å². The van der Waals surface area contributed by atoms with Crippen LogP contribution in [0.4, 0.5) is 16.0 Å². The Bertz CT molecular complexity index is 1300. The summed E-state index contributed by atoms with van der Waals surface area (Å²) in [5.41, 5.74) is 2.18. The molecular formula is C24H25ClFN7OS. The van der Waals surface area contributed by atoms with Crippen LogP contribution < -0.4 is 15.4 Å². The standard InChI is InChI=1S/C24H25ClFN7OS/c25-20-15-19(4-5-21(20)34-16-17-2-1-3-18(26)14-17)29-23-31-24(30-22-6-7-28-33(22)23)35-13-12-32-10-8-27-9-11-32/h1-7,14-15,27H,8-13,16H2,(H,29,30,31). The van der Waals surface area contributed by atoms with E-state index < -0.39 is 0 Å². The third-order valence-corrected chi connectivity index (χ3v) is 6.68. The number of halogens is 2. The number of fused-ring (bicyclic) bond motifs is 1. The minimum absolute atomic E-state index is 0.221. The van der Waals surface area contributed by atoms with Crippen LogP contribution in [-0.2, 0) is 6.61 Å². The topological polar surface area (TPSA) is 79.6 Å². The molecule has 2 aromatic heterocycles. The highest BCUT2D eigenvalue weighted by Gasteiger charge is 2.13. The molecule has 4 aromatic rings. The number of hydrogen-bond donors (Lipinski definition) is 2. The second-order valence-corrected chi connectivity index (χ2v) is 9.53. The molecule has 1 aliphatic rings. The molecule has 8 nitrogen and oxygen atoms in total. The molecule has 0 atom stereocenters. The van der Waals surface area contributed by atoms with E-state index in [0.29, 0.717) is 27.5 Å². The van der Waals surface area contributed by atoms with Crippen LogP contribution in [0.15, 0.2) is 59.9 Å². The largest absolute Gasteiger partial charge is 0.487 e. The van der Waals surface area contributed by atoms with E-state index in [9.17, 15) is 4.39 Å². The summed E-state index contributed by atoms with van der Waals surface area (Å²) in [4.78, 5) is 11.8. The average Bonchev–Trinajstić information content (AvgIpc) is 3.33. The molecule has 0 saturated carbocycles. The Morgan fingerprint density at radius 3 is 2.83 bits per heavy atom. The van der Waals surface area contributed by atoms with Crippen molar-refractivity contribution in [3.63, 3.8) is 0 Å². The van der Waals surface area contributed by atoms with Gasteiger partial charge < -0.3 is 15.4 Å². The van der Waals surface area contributed by atoms with Crippen molar-refractivity contribution in [3.8, 4) is 5.75 Å². The summed E-state index contributed by atoms with van der Waals surface area (Å²) in [6.07, 6.45) is 1.70. The first-order chi connectivity index (χ1) is 17.1. The molecular weight excluding hydrogens is 489 g/mol. The number of nitrogens with one attached hydrogen (secondary N) is 2. The maximum absolute atomic E-state index is 13.4. The summed E-state index contributed by atoms with van der Waals surface area (Å²) in [6, 6.07) is 13.5. The number of ether oxygens (including phenoxy) is 1. The molecule has 0 aliphatic carbocycles. The third kappa shape index (κ3) is 6.21. The summed E-state index contributed by atoms with van der Waals surface area (Å²) in [5.74, 6) is 1.67. The van der Waals surface area contributed by atoms with Gasteiger partial charge >= 0.3 is 0 Å². The van der Waals surface area contributed by atoms with Crippen LogP contribution in [0.3, 0.4) is 0 Å². The van der Waals surface area contributed by atoms with Gasteiger partial charge in [0.15, 0.2) is 10.8 Å². The maximum Gasteiger partial charge on any atom is 0.232 e. The number of piperazine rings is 1. The van der Waals surface area contributed by atoms with Crippen molar-refractivity contribution in [2.75, 3.05) is 43.8 Å². The molecule has 0 bridgehead atoms. The fraction of sp³-hybridized carbons (Fsp3) is 0.292. The van der Waals surface area contributed by atoms with Gasteiger partial charge in [0, 0.05) is 50.2 Å². The number of anilines is 2. The van der Waals surface area contributed by atoms with E-state index in [1.807, 2.05) is 12.1 Å². The van der Waals surface area contributed by atoms with Gasteiger partial charge in [-0.15, -0.1) is 0 Å². The Morgan fingerprint density at radius 1 is 1.11 bits per heavy atom. The van der Waals surface area contributed by atoms with Gasteiger partial charge in [0.05, 0.1) is 11.2 Å². The van der Waals surface area contributed by atoms with Crippen LogP contribution in [0.2, 0.25) is 5.02 Å². The summed E-state index contributed by atoms with van der Waals surface area (Å²) >= 11 is 8.09. The van der Waals surface area contributed by atoms with Crippen LogP contribution >= 0.6 is 23.4 Å².